The van der Waals surface area contributed by atoms with Crippen molar-refractivity contribution in [3.05, 3.63) is 47.3 Å². The summed E-state index contributed by atoms with van der Waals surface area (Å²) < 4.78 is 16.9. The van der Waals surface area contributed by atoms with Gasteiger partial charge >= 0.3 is 0 Å². The topological polar surface area (TPSA) is 111 Å². The lowest BCUT2D eigenvalue weighted by Crippen LogP contribution is -2.59. The number of aromatic amines is 1. The molecule has 4 heterocycles. The summed E-state index contributed by atoms with van der Waals surface area (Å²) in [6.07, 6.45) is 1.34. The van der Waals surface area contributed by atoms with E-state index in [9.17, 15) is 4.79 Å². The standard InChI is InChI=1S/C30H35ClFN9O/c1-7-22(42)40-11-17(4)41(12-16(40)3)29-19-10-20(31)24(23-15(2)8-9-21-25(23)28(33)37-36-21)26(32)27(19)34-30(35-29)39-13-18(14-39)38(5)6/h7-10,16-18H,1,11-14H2,2-6H3,(H3,33,36,37)/t16-,17+/m1/s1. The fraction of sp³-hybridized carbons (Fsp3) is 0.400. The molecule has 0 aliphatic carbocycles. The van der Waals surface area contributed by atoms with Gasteiger partial charge in [0.1, 0.15) is 11.3 Å². The zero-order chi connectivity index (χ0) is 30.0. The highest BCUT2D eigenvalue weighted by Crippen LogP contribution is 2.44. The third kappa shape index (κ3) is 4.42. The average Bonchev–Trinajstić information content (AvgIpc) is 3.30. The number of nitrogens with two attached hydrogens (primary N) is 1. The van der Waals surface area contributed by atoms with Gasteiger partial charge in [0.15, 0.2) is 11.6 Å². The maximum absolute atomic E-state index is 16.9. The van der Waals surface area contributed by atoms with E-state index < -0.39 is 5.82 Å². The van der Waals surface area contributed by atoms with Gasteiger partial charge in [0.25, 0.3) is 0 Å². The lowest BCUT2D eigenvalue weighted by molar-refractivity contribution is -0.128. The van der Waals surface area contributed by atoms with E-state index in [-0.39, 0.29) is 39.9 Å². The molecule has 0 bridgehead atoms. The molecule has 0 unspecified atom stereocenters. The summed E-state index contributed by atoms with van der Waals surface area (Å²) in [5, 5.41) is 8.42. The Balaban J connectivity index is 1.55. The van der Waals surface area contributed by atoms with Crippen LogP contribution in [0, 0.1) is 12.7 Å². The van der Waals surface area contributed by atoms with Crippen molar-refractivity contribution >= 4 is 56.9 Å². The number of carbonyl (C=O) groups is 1. The molecule has 2 aromatic heterocycles. The highest BCUT2D eigenvalue weighted by atomic mass is 35.5. The number of H-pyrrole nitrogens is 1. The van der Waals surface area contributed by atoms with Crippen LogP contribution in [0.4, 0.5) is 22.0 Å². The number of hydrogen-bond donors (Lipinski definition) is 2. The van der Waals surface area contributed by atoms with Crippen molar-refractivity contribution in [2.45, 2.75) is 38.9 Å². The van der Waals surface area contributed by atoms with E-state index in [0.29, 0.717) is 52.8 Å². The molecule has 2 saturated heterocycles. The van der Waals surface area contributed by atoms with Crippen molar-refractivity contribution in [2.24, 2.45) is 0 Å². The number of aromatic nitrogens is 4. The van der Waals surface area contributed by atoms with Crippen LogP contribution < -0.4 is 15.5 Å². The first-order chi connectivity index (χ1) is 20.0. The Hall–Kier alpha value is -3.96. The summed E-state index contributed by atoms with van der Waals surface area (Å²) >= 11 is 6.92. The second kappa shape index (κ2) is 10.4. The molecule has 2 aliphatic heterocycles. The van der Waals surface area contributed by atoms with E-state index in [1.165, 1.54) is 6.08 Å². The summed E-state index contributed by atoms with van der Waals surface area (Å²) in [6.45, 7) is 12.0. The average molecular weight is 592 g/mol. The maximum atomic E-state index is 16.9. The van der Waals surface area contributed by atoms with E-state index >= 15 is 4.39 Å². The van der Waals surface area contributed by atoms with Crippen LogP contribution in [0.25, 0.3) is 32.9 Å². The molecule has 12 heteroatoms. The number of rotatable bonds is 5. The molecule has 2 aliphatic rings. The van der Waals surface area contributed by atoms with Crippen LogP contribution in [0.15, 0.2) is 30.9 Å². The van der Waals surface area contributed by atoms with Crippen LogP contribution in [-0.2, 0) is 4.79 Å². The summed E-state index contributed by atoms with van der Waals surface area (Å²) in [5.41, 5.74) is 8.73. The number of halogens is 2. The Morgan fingerprint density at radius 3 is 2.60 bits per heavy atom. The number of nitrogen functional groups attached to an aromatic ring is 1. The lowest BCUT2D eigenvalue weighted by atomic mass is 9.94. The summed E-state index contributed by atoms with van der Waals surface area (Å²) in [7, 11) is 4.08. The highest BCUT2D eigenvalue weighted by molar-refractivity contribution is 6.35. The van der Waals surface area contributed by atoms with Crippen LogP contribution >= 0.6 is 11.6 Å². The van der Waals surface area contributed by atoms with Gasteiger partial charge in [-0.2, -0.15) is 10.1 Å². The Morgan fingerprint density at radius 1 is 1.17 bits per heavy atom. The molecule has 2 atom stereocenters. The molecule has 2 aromatic carbocycles. The van der Waals surface area contributed by atoms with Gasteiger partial charge < -0.3 is 25.3 Å². The molecule has 1 amide bonds. The number of carbonyl (C=O) groups excluding carboxylic acids is 1. The molecule has 4 aromatic rings. The molecule has 42 heavy (non-hydrogen) atoms. The minimum absolute atomic E-state index is 0.0924. The summed E-state index contributed by atoms with van der Waals surface area (Å²) in [4.78, 5) is 30.5. The molecule has 2 fully saturated rings. The quantitative estimate of drug-likeness (QED) is 0.332. The van der Waals surface area contributed by atoms with Gasteiger partial charge in [-0.25, -0.2) is 9.37 Å². The zero-order valence-electron chi connectivity index (χ0n) is 24.4. The van der Waals surface area contributed by atoms with Crippen molar-refractivity contribution in [1.82, 2.24) is 30.0 Å². The van der Waals surface area contributed by atoms with Gasteiger partial charge in [-0.3, -0.25) is 9.89 Å². The smallest absolute Gasteiger partial charge is 0.246 e. The first kappa shape index (κ1) is 28.2. The Morgan fingerprint density at radius 2 is 1.90 bits per heavy atom. The third-order valence-corrected chi connectivity index (χ3v) is 8.96. The molecule has 0 spiro atoms. The second-order valence-corrected chi connectivity index (χ2v) is 12.1. The predicted molar refractivity (Wildman–Crippen MR) is 167 cm³/mol. The number of benzene rings is 2. The fourth-order valence-corrected chi connectivity index (χ4v) is 6.40. The largest absolute Gasteiger partial charge is 0.382 e. The van der Waals surface area contributed by atoms with E-state index in [0.717, 1.165) is 18.7 Å². The molecule has 0 saturated carbocycles. The molecular weight excluding hydrogens is 557 g/mol. The van der Waals surface area contributed by atoms with Gasteiger partial charge in [0.05, 0.1) is 15.9 Å². The van der Waals surface area contributed by atoms with Crippen LogP contribution in [-0.4, -0.2) is 94.3 Å². The monoisotopic (exact) mass is 591 g/mol. The molecule has 220 valence electrons. The molecule has 3 N–H and O–H groups in total. The fourth-order valence-electron chi connectivity index (χ4n) is 6.11. The van der Waals surface area contributed by atoms with Gasteiger partial charge in [-0.15, -0.1) is 0 Å². The van der Waals surface area contributed by atoms with Gasteiger partial charge in [-0.1, -0.05) is 24.2 Å². The Bertz CT molecular complexity index is 1730. The van der Waals surface area contributed by atoms with Crippen molar-refractivity contribution in [3.8, 4) is 11.1 Å². The zero-order valence-corrected chi connectivity index (χ0v) is 25.2. The number of hydrogen-bond acceptors (Lipinski definition) is 8. The minimum atomic E-state index is -0.538. The summed E-state index contributed by atoms with van der Waals surface area (Å²) in [5.74, 6) is 0.681. The van der Waals surface area contributed by atoms with Crippen LogP contribution in [0.2, 0.25) is 5.02 Å². The number of anilines is 3. The SMILES string of the molecule is C=CC(=O)N1C[C@H](C)N(c2nc(N3CC(N(C)C)C3)nc3c(F)c(-c4c(C)ccc5[nH]nc(N)c45)c(Cl)cc23)C[C@H]1C. The van der Waals surface area contributed by atoms with Crippen molar-refractivity contribution in [2.75, 3.05) is 55.8 Å². The molecule has 10 nitrogen and oxygen atoms in total. The van der Waals surface area contributed by atoms with Crippen LogP contribution in [0.5, 0.6) is 0 Å². The van der Waals surface area contributed by atoms with Gasteiger partial charge in [0, 0.05) is 60.8 Å². The minimum Gasteiger partial charge on any atom is -0.382 e. The first-order valence-corrected chi connectivity index (χ1v) is 14.4. The number of nitrogens with one attached hydrogen (secondary N) is 1. The maximum Gasteiger partial charge on any atom is 0.246 e. The first-order valence-electron chi connectivity index (χ1n) is 14.0. The van der Waals surface area contributed by atoms with Crippen molar-refractivity contribution in [1.29, 1.82) is 0 Å². The van der Waals surface area contributed by atoms with E-state index in [4.69, 9.17) is 27.3 Å². The van der Waals surface area contributed by atoms with Crippen molar-refractivity contribution < 1.29 is 9.18 Å². The third-order valence-electron chi connectivity index (χ3n) is 8.66. The second-order valence-electron chi connectivity index (χ2n) is 11.6. The van der Waals surface area contributed by atoms with Crippen molar-refractivity contribution in [3.63, 3.8) is 0 Å². The Labute approximate surface area is 248 Å². The number of fused-ring (bicyclic) bond motifs is 2. The van der Waals surface area contributed by atoms with Crippen LogP contribution in [0.1, 0.15) is 19.4 Å². The number of aryl methyl sites for hydroxylation is 1. The summed E-state index contributed by atoms with van der Waals surface area (Å²) in [6, 6.07) is 5.67. The number of likely N-dealkylation sites (N-methyl/N-ethyl adjacent to an activating group) is 1. The molecular formula is C30H35ClFN9O. The number of nitrogens with zero attached hydrogens (tertiary/aromatic N) is 7. The lowest BCUT2D eigenvalue weighted by Gasteiger charge is -2.45. The van der Waals surface area contributed by atoms with Crippen LogP contribution in [0.3, 0.4) is 0 Å². The normalized spacial score (nSPS) is 19.7. The highest BCUT2D eigenvalue weighted by Gasteiger charge is 2.36. The molecule has 6 rings (SSSR count). The Kier molecular flexibility index (Phi) is 6.97. The number of amides is 1. The van der Waals surface area contributed by atoms with E-state index in [1.807, 2.05) is 47.0 Å². The predicted octanol–water partition coefficient (Wildman–Crippen LogP) is 4.22. The van der Waals surface area contributed by atoms with E-state index in [2.05, 4.69) is 31.5 Å². The molecule has 0 radical (unpaired) electrons. The van der Waals surface area contributed by atoms with Gasteiger partial charge in [0.2, 0.25) is 11.9 Å². The number of piperazine rings is 1. The van der Waals surface area contributed by atoms with Gasteiger partial charge in [-0.05, 0) is 58.6 Å². The van der Waals surface area contributed by atoms with E-state index in [1.54, 1.807) is 11.0 Å².